The van der Waals surface area contributed by atoms with Crippen molar-refractivity contribution in [3.63, 3.8) is 0 Å². The number of carbonyl (C=O) groups is 2. The number of imide groups is 1. The van der Waals surface area contributed by atoms with Gasteiger partial charge in [-0.05, 0) is 36.4 Å². The van der Waals surface area contributed by atoms with Gasteiger partial charge in [0.1, 0.15) is 5.75 Å². The molecule has 2 aliphatic heterocycles. The molecule has 1 fully saturated rings. The van der Waals surface area contributed by atoms with E-state index in [-0.39, 0.29) is 12.3 Å². The smallest absolute Gasteiger partial charge is 0.261 e. The largest absolute Gasteiger partial charge is 0.497 e. The van der Waals surface area contributed by atoms with Crippen LogP contribution in [0, 0.1) is 0 Å². The predicted molar refractivity (Wildman–Crippen MR) is 112 cm³/mol. The predicted octanol–water partition coefficient (Wildman–Crippen LogP) is 1.44. The summed E-state index contributed by atoms with van der Waals surface area (Å²) in [5.41, 5.74) is 1.67. The Morgan fingerprint density at radius 3 is 1.97 bits per heavy atom. The van der Waals surface area contributed by atoms with Crippen LogP contribution in [0.15, 0.2) is 48.5 Å². The Bertz CT molecular complexity index is 1030. The summed E-state index contributed by atoms with van der Waals surface area (Å²) >= 11 is 0. The number of piperazine rings is 1. The molecule has 2 aliphatic rings. The van der Waals surface area contributed by atoms with Gasteiger partial charge in [0.05, 0.1) is 24.0 Å². The van der Waals surface area contributed by atoms with Crippen LogP contribution in [-0.4, -0.2) is 75.0 Å². The molecule has 0 aliphatic carbocycles. The lowest BCUT2D eigenvalue weighted by atomic mass is 10.1. The van der Waals surface area contributed by atoms with Crippen molar-refractivity contribution < 1.29 is 22.7 Å². The lowest BCUT2D eigenvalue weighted by Gasteiger charge is -2.35. The molecule has 4 rings (SSSR count). The molecule has 0 radical (unpaired) electrons. The minimum absolute atomic E-state index is 0.145. The fourth-order valence-corrected chi connectivity index (χ4v) is 5.19. The van der Waals surface area contributed by atoms with Crippen molar-refractivity contribution in [2.45, 2.75) is 0 Å². The monoisotopic (exact) mass is 429 g/mol. The first kappa shape index (κ1) is 20.4. The Morgan fingerprint density at radius 1 is 0.867 bits per heavy atom. The molecule has 2 heterocycles. The average molecular weight is 429 g/mol. The first-order valence-corrected chi connectivity index (χ1v) is 11.3. The molecular weight excluding hydrogens is 406 g/mol. The van der Waals surface area contributed by atoms with Crippen molar-refractivity contribution in [2.75, 3.05) is 50.5 Å². The summed E-state index contributed by atoms with van der Waals surface area (Å²) in [6.45, 7) is 1.71. The molecule has 0 unspecified atom stereocenters. The number of nitrogens with zero attached hydrogens (tertiary/aromatic N) is 3. The van der Waals surface area contributed by atoms with Crippen LogP contribution in [0.5, 0.6) is 5.75 Å². The maximum Gasteiger partial charge on any atom is 0.261 e. The molecule has 0 N–H and O–H groups in total. The summed E-state index contributed by atoms with van der Waals surface area (Å²) in [7, 11) is -1.97. The van der Waals surface area contributed by atoms with Crippen LogP contribution in [0.3, 0.4) is 0 Å². The van der Waals surface area contributed by atoms with Gasteiger partial charge in [0.25, 0.3) is 11.8 Å². The van der Waals surface area contributed by atoms with E-state index < -0.39 is 21.8 Å². The molecule has 0 bridgehead atoms. The number of hydrogen-bond donors (Lipinski definition) is 0. The first-order chi connectivity index (χ1) is 14.4. The zero-order valence-corrected chi connectivity index (χ0v) is 17.5. The highest BCUT2D eigenvalue weighted by atomic mass is 32.2. The topological polar surface area (TPSA) is 87.2 Å². The Hall–Kier alpha value is -2.91. The van der Waals surface area contributed by atoms with E-state index in [1.807, 2.05) is 24.3 Å². The van der Waals surface area contributed by atoms with Gasteiger partial charge in [0, 0.05) is 38.4 Å². The lowest BCUT2D eigenvalue weighted by molar-refractivity contribution is 0.0663. The second-order valence-electron chi connectivity index (χ2n) is 7.21. The number of sulfonamides is 1. The number of amides is 2. The van der Waals surface area contributed by atoms with Crippen LogP contribution in [0.25, 0.3) is 0 Å². The highest BCUT2D eigenvalue weighted by Gasteiger charge is 2.36. The van der Waals surface area contributed by atoms with Gasteiger partial charge in [0.15, 0.2) is 0 Å². The minimum Gasteiger partial charge on any atom is -0.497 e. The van der Waals surface area contributed by atoms with Gasteiger partial charge in [0.2, 0.25) is 10.0 Å². The van der Waals surface area contributed by atoms with E-state index in [1.54, 1.807) is 31.4 Å². The molecule has 158 valence electrons. The normalized spacial score (nSPS) is 17.4. The number of ether oxygens (including phenoxy) is 1. The summed E-state index contributed by atoms with van der Waals surface area (Å²) in [6, 6.07) is 14.2. The van der Waals surface area contributed by atoms with Crippen LogP contribution in [0.2, 0.25) is 0 Å². The van der Waals surface area contributed by atoms with E-state index in [9.17, 15) is 18.0 Å². The standard InChI is InChI=1S/C21H23N3O5S/c1-29-17-8-6-16(7-9-17)22-10-12-23(13-11-22)30(27,28)15-14-24-20(25)18-4-2-3-5-19(18)21(24)26/h2-9H,10-15H2,1H3. The maximum atomic E-state index is 12.8. The summed E-state index contributed by atoms with van der Waals surface area (Å²) < 4.78 is 32.2. The SMILES string of the molecule is COc1ccc(N2CCN(S(=O)(=O)CCN3C(=O)c4ccccc4C3=O)CC2)cc1. The highest BCUT2D eigenvalue weighted by molar-refractivity contribution is 7.89. The van der Waals surface area contributed by atoms with Gasteiger partial charge in [-0.1, -0.05) is 12.1 Å². The van der Waals surface area contributed by atoms with Gasteiger partial charge in [-0.3, -0.25) is 14.5 Å². The number of fused-ring (bicyclic) bond motifs is 1. The average Bonchev–Trinajstić information content (AvgIpc) is 3.02. The van der Waals surface area contributed by atoms with Gasteiger partial charge in [-0.2, -0.15) is 4.31 Å². The highest BCUT2D eigenvalue weighted by Crippen LogP contribution is 2.23. The van der Waals surface area contributed by atoms with Crippen LogP contribution in [0.1, 0.15) is 20.7 Å². The zero-order valence-electron chi connectivity index (χ0n) is 16.7. The molecule has 2 amide bonds. The van der Waals surface area contributed by atoms with Crippen molar-refractivity contribution in [3.8, 4) is 5.75 Å². The number of anilines is 1. The molecule has 8 nitrogen and oxygen atoms in total. The van der Waals surface area contributed by atoms with Gasteiger partial charge in [-0.15, -0.1) is 0 Å². The zero-order chi connectivity index (χ0) is 21.3. The number of rotatable bonds is 6. The summed E-state index contributed by atoms with van der Waals surface area (Å²) in [4.78, 5) is 28.0. The van der Waals surface area contributed by atoms with Crippen LogP contribution >= 0.6 is 0 Å². The molecule has 2 aromatic rings. The summed E-state index contributed by atoms with van der Waals surface area (Å²) in [5, 5.41) is 0. The lowest BCUT2D eigenvalue weighted by Crippen LogP contribution is -2.50. The van der Waals surface area contributed by atoms with E-state index in [4.69, 9.17) is 4.74 Å². The summed E-state index contributed by atoms with van der Waals surface area (Å²) in [6.07, 6.45) is 0. The van der Waals surface area contributed by atoms with E-state index in [2.05, 4.69) is 4.90 Å². The Morgan fingerprint density at radius 2 is 1.43 bits per heavy atom. The Labute approximate surface area is 175 Å². The van der Waals surface area contributed by atoms with Crippen molar-refractivity contribution in [1.29, 1.82) is 0 Å². The van der Waals surface area contributed by atoms with Gasteiger partial charge in [-0.25, -0.2) is 8.42 Å². The molecule has 0 spiro atoms. The maximum absolute atomic E-state index is 12.8. The second kappa shape index (κ2) is 8.08. The van der Waals surface area contributed by atoms with Crippen molar-refractivity contribution in [1.82, 2.24) is 9.21 Å². The van der Waals surface area contributed by atoms with Gasteiger partial charge < -0.3 is 9.64 Å². The number of benzene rings is 2. The summed E-state index contributed by atoms with van der Waals surface area (Å²) in [5.74, 6) is -0.376. The van der Waals surface area contributed by atoms with E-state index in [1.165, 1.54) is 4.31 Å². The Balaban J connectivity index is 1.35. The van der Waals surface area contributed by atoms with Crippen molar-refractivity contribution in [2.24, 2.45) is 0 Å². The number of methoxy groups -OCH3 is 1. The van der Waals surface area contributed by atoms with Crippen LogP contribution < -0.4 is 9.64 Å². The first-order valence-electron chi connectivity index (χ1n) is 9.73. The molecular formula is C21H23N3O5S. The molecule has 0 saturated carbocycles. The molecule has 1 saturated heterocycles. The second-order valence-corrected chi connectivity index (χ2v) is 9.30. The molecule has 0 atom stereocenters. The van der Waals surface area contributed by atoms with Crippen LogP contribution in [-0.2, 0) is 10.0 Å². The third-order valence-electron chi connectivity index (χ3n) is 5.52. The Kier molecular flexibility index (Phi) is 5.48. The number of carbonyl (C=O) groups excluding carboxylic acids is 2. The van der Waals surface area contributed by atoms with Crippen molar-refractivity contribution in [3.05, 3.63) is 59.7 Å². The molecule has 2 aromatic carbocycles. The third kappa shape index (κ3) is 3.78. The molecule has 9 heteroatoms. The molecule has 0 aromatic heterocycles. The fraction of sp³-hybridized carbons (Fsp3) is 0.333. The quantitative estimate of drug-likeness (QED) is 0.646. The molecule has 30 heavy (non-hydrogen) atoms. The third-order valence-corrected chi connectivity index (χ3v) is 7.37. The minimum atomic E-state index is -3.58. The van der Waals surface area contributed by atoms with E-state index >= 15 is 0 Å². The number of hydrogen-bond acceptors (Lipinski definition) is 6. The van der Waals surface area contributed by atoms with Gasteiger partial charge >= 0.3 is 0 Å². The van der Waals surface area contributed by atoms with E-state index in [0.29, 0.717) is 37.3 Å². The fourth-order valence-electron chi connectivity index (χ4n) is 3.80. The van der Waals surface area contributed by atoms with Crippen LogP contribution in [0.4, 0.5) is 5.69 Å². The van der Waals surface area contributed by atoms with Crippen molar-refractivity contribution >= 4 is 27.5 Å². The van der Waals surface area contributed by atoms with E-state index in [0.717, 1.165) is 16.3 Å².